The van der Waals surface area contributed by atoms with E-state index in [1.807, 2.05) is 0 Å². The SMILES string of the molecule is Cl.Cl.NC1(C(=O)O)CN2CCC1CC2. The maximum absolute atomic E-state index is 10.9. The Labute approximate surface area is 95.6 Å². The molecule has 1 atom stereocenters. The number of halogens is 2. The number of carbonyl (C=O) groups is 1. The minimum absolute atomic E-state index is 0. The van der Waals surface area contributed by atoms with Crippen molar-refractivity contribution in [2.45, 2.75) is 18.4 Å². The number of hydrogen-bond acceptors (Lipinski definition) is 3. The summed E-state index contributed by atoms with van der Waals surface area (Å²) in [6.07, 6.45) is 1.89. The van der Waals surface area contributed by atoms with Gasteiger partial charge in [-0.2, -0.15) is 0 Å². The van der Waals surface area contributed by atoms with Crippen molar-refractivity contribution >= 4 is 30.8 Å². The first kappa shape index (κ1) is 14.0. The van der Waals surface area contributed by atoms with Gasteiger partial charge in [0.15, 0.2) is 0 Å². The molecule has 3 saturated heterocycles. The number of carboxylic acids is 1. The lowest BCUT2D eigenvalue weighted by atomic mass is 9.73. The van der Waals surface area contributed by atoms with Crippen LogP contribution >= 0.6 is 24.8 Å². The van der Waals surface area contributed by atoms with Crippen LogP contribution in [-0.4, -0.2) is 41.1 Å². The predicted octanol–water partition coefficient (Wildman–Crippen LogP) is 0.338. The van der Waals surface area contributed by atoms with Crippen LogP contribution in [0.2, 0.25) is 0 Å². The smallest absolute Gasteiger partial charge is 0.325 e. The largest absolute Gasteiger partial charge is 0.480 e. The zero-order chi connectivity index (χ0) is 8.77. The summed E-state index contributed by atoms with van der Waals surface area (Å²) < 4.78 is 0. The molecule has 0 aliphatic carbocycles. The van der Waals surface area contributed by atoms with Crippen molar-refractivity contribution in [3.8, 4) is 0 Å². The van der Waals surface area contributed by atoms with Crippen molar-refractivity contribution in [1.82, 2.24) is 4.90 Å². The third-order valence-corrected chi connectivity index (χ3v) is 3.20. The Morgan fingerprint density at radius 3 is 2.07 bits per heavy atom. The van der Waals surface area contributed by atoms with E-state index in [0.29, 0.717) is 6.54 Å². The minimum Gasteiger partial charge on any atom is -0.480 e. The molecule has 1 unspecified atom stereocenters. The lowest BCUT2D eigenvalue weighted by Crippen LogP contribution is -2.67. The standard InChI is InChI=1S/C8H14N2O2.2ClH/c9-8(7(11)12)5-10-3-1-6(8)2-4-10;;/h6H,1-5,9H2,(H,11,12);2*1H. The Kier molecular flexibility index (Phi) is 4.65. The molecule has 84 valence electrons. The zero-order valence-corrected chi connectivity index (χ0v) is 9.44. The Morgan fingerprint density at radius 2 is 1.86 bits per heavy atom. The van der Waals surface area contributed by atoms with Gasteiger partial charge in [0, 0.05) is 6.54 Å². The summed E-state index contributed by atoms with van der Waals surface area (Å²) in [4.78, 5) is 13.1. The van der Waals surface area contributed by atoms with Gasteiger partial charge in [-0.25, -0.2) is 0 Å². The van der Waals surface area contributed by atoms with Gasteiger partial charge < -0.3 is 15.7 Å². The first-order valence-electron chi connectivity index (χ1n) is 4.37. The van der Waals surface area contributed by atoms with E-state index in [1.165, 1.54) is 0 Å². The van der Waals surface area contributed by atoms with Gasteiger partial charge in [0.25, 0.3) is 0 Å². The average molecular weight is 243 g/mol. The zero-order valence-electron chi connectivity index (χ0n) is 7.81. The summed E-state index contributed by atoms with van der Waals surface area (Å²) in [6.45, 7) is 2.58. The minimum atomic E-state index is -0.962. The molecule has 0 aromatic heterocycles. The fourth-order valence-electron chi connectivity index (χ4n) is 2.35. The summed E-state index contributed by atoms with van der Waals surface area (Å²) >= 11 is 0. The molecule has 0 aromatic rings. The van der Waals surface area contributed by atoms with E-state index in [9.17, 15) is 4.79 Å². The summed E-state index contributed by atoms with van der Waals surface area (Å²) in [5.41, 5.74) is 4.88. The Morgan fingerprint density at radius 1 is 1.36 bits per heavy atom. The molecular formula is C8H16Cl2N2O2. The predicted molar refractivity (Wildman–Crippen MR) is 58.2 cm³/mol. The van der Waals surface area contributed by atoms with Crippen LogP contribution in [0.15, 0.2) is 0 Å². The maximum atomic E-state index is 10.9. The van der Waals surface area contributed by atoms with E-state index in [4.69, 9.17) is 10.8 Å². The Bertz CT molecular complexity index is 219. The first-order chi connectivity index (χ1) is 5.63. The molecule has 0 amide bonds. The number of hydrogen-bond donors (Lipinski definition) is 2. The van der Waals surface area contributed by atoms with Gasteiger partial charge in [0.2, 0.25) is 0 Å². The summed E-state index contributed by atoms with van der Waals surface area (Å²) in [6, 6.07) is 0. The number of nitrogens with zero attached hydrogens (tertiary/aromatic N) is 1. The van der Waals surface area contributed by atoms with E-state index < -0.39 is 11.5 Å². The Balaban J connectivity index is 0.000000845. The molecule has 4 nitrogen and oxygen atoms in total. The van der Waals surface area contributed by atoms with Crippen LogP contribution < -0.4 is 5.73 Å². The fraction of sp³-hybridized carbons (Fsp3) is 0.875. The van der Waals surface area contributed by atoms with Crippen LogP contribution in [0.25, 0.3) is 0 Å². The second kappa shape index (κ2) is 4.66. The molecule has 0 aromatic carbocycles. The highest BCUT2D eigenvalue weighted by Crippen LogP contribution is 2.33. The van der Waals surface area contributed by atoms with E-state index in [-0.39, 0.29) is 30.7 Å². The van der Waals surface area contributed by atoms with Crippen LogP contribution in [0.5, 0.6) is 0 Å². The fourth-order valence-corrected chi connectivity index (χ4v) is 2.35. The molecular weight excluding hydrogens is 227 g/mol. The summed E-state index contributed by atoms with van der Waals surface area (Å²) in [7, 11) is 0. The van der Waals surface area contributed by atoms with Crippen molar-refractivity contribution in [2.75, 3.05) is 19.6 Å². The van der Waals surface area contributed by atoms with Gasteiger partial charge in [-0.15, -0.1) is 24.8 Å². The summed E-state index contributed by atoms with van der Waals surface area (Å²) in [5.74, 6) is -0.642. The van der Waals surface area contributed by atoms with Gasteiger partial charge in [0.05, 0.1) is 0 Å². The second-order valence-corrected chi connectivity index (χ2v) is 3.90. The number of piperidine rings is 3. The molecule has 0 spiro atoms. The van der Waals surface area contributed by atoms with Gasteiger partial charge in [-0.1, -0.05) is 0 Å². The molecule has 0 saturated carbocycles. The van der Waals surface area contributed by atoms with Crippen molar-refractivity contribution in [3.63, 3.8) is 0 Å². The van der Waals surface area contributed by atoms with Crippen molar-refractivity contribution in [3.05, 3.63) is 0 Å². The molecule has 0 radical (unpaired) electrons. The van der Waals surface area contributed by atoms with Gasteiger partial charge in [0.1, 0.15) is 5.54 Å². The number of rotatable bonds is 1. The van der Waals surface area contributed by atoms with Gasteiger partial charge >= 0.3 is 5.97 Å². The van der Waals surface area contributed by atoms with E-state index >= 15 is 0 Å². The third-order valence-electron chi connectivity index (χ3n) is 3.20. The van der Waals surface area contributed by atoms with Gasteiger partial charge in [-0.05, 0) is 31.8 Å². The quantitative estimate of drug-likeness (QED) is 0.696. The average Bonchev–Trinajstić information content (AvgIpc) is 2.05. The van der Waals surface area contributed by atoms with E-state index in [2.05, 4.69) is 4.90 Å². The molecule has 3 heterocycles. The number of fused-ring (bicyclic) bond motifs is 3. The van der Waals surface area contributed by atoms with E-state index in [0.717, 1.165) is 25.9 Å². The highest BCUT2D eigenvalue weighted by Gasteiger charge is 2.49. The van der Waals surface area contributed by atoms with Crippen LogP contribution in [0, 0.1) is 5.92 Å². The maximum Gasteiger partial charge on any atom is 0.325 e. The summed E-state index contributed by atoms with van der Waals surface area (Å²) in [5, 5.41) is 8.97. The molecule has 3 rings (SSSR count). The molecule has 6 heteroatoms. The van der Waals surface area contributed by atoms with Crippen molar-refractivity contribution in [2.24, 2.45) is 11.7 Å². The normalized spacial score (nSPS) is 39.5. The van der Waals surface area contributed by atoms with Crippen molar-refractivity contribution < 1.29 is 9.90 Å². The number of nitrogens with two attached hydrogens (primary N) is 1. The van der Waals surface area contributed by atoms with Crippen LogP contribution in [0.3, 0.4) is 0 Å². The Hall–Kier alpha value is -0.0300. The topological polar surface area (TPSA) is 66.6 Å². The van der Waals surface area contributed by atoms with Crippen LogP contribution in [0.1, 0.15) is 12.8 Å². The first-order valence-corrected chi connectivity index (χ1v) is 4.37. The monoisotopic (exact) mass is 242 g/mol. The third kappa shape index (κ3) is 1.98. The lowest BCUT2D eigenvalue weighted by Gasteiger charge is -2.48. The van der Waals surface area contributed by atoms with Gasteiger partial charge in [-0.3, -0.25) is 4.79 Å². The van der Waals surface area contributed by atoms with E-state index in [1.54, 1.807) is 0 Å². The van der Waals surface area contributed by atoms with Crippen molar-refractivity contribution in [1.29, 1.82) is 0 Å². The molecule has 3 aliphatic rings. The lowest BCUT2D eigenvalue weighted by molar-refractivity contribution is -0.151. The molecule has 14 heavy (non-hydrogen) atoms. The molecule has 3 fully saturated rings. The van der Waals surface area contributed by atoms with Crippen LogP contribution in [-0.2, 0) is 4.79 Å². The highest BCUT2D eigenvalue weighted by molar-refractivity contribution is 5.85. The number of aliphatic carboxylic acids is 1. The molecule has 2 bridgehead atoms. The second-order valence-electron chi connectivity index (χ2n) is 3.90. The number of carboxylic acid groups (broad SMARTS) is 1. The molecule has 3 aliphatic heterocycles. The van der Waals surface area contributed by atoms with Crippen LogP contribution in [0.4, 0.5) is 0 Å². The molecule has 3 N–H and O–H groups in total. The highest BCUT2D eigenvalue weighted by atomic mass is 35.5.